The Labute approximate surface area is 64.0 Å². The van der Waals surface area contributed by atoms with E-state index in [4.69, 9.17) is 4.74 Å². The molecule has 2 heteroatoms. The fourth-order valence-electron chi connectivity index (χ4n) is 0.933. The zero-order chi connectivity index (χ0) is 8.20. The molecule has 0 aliphatic rings. The molecule has 62 valence electrons. The van der Waals surface area contributed by atoms with Gasteiger partial charge in [-0.1, -0.05) is 0 Å². The van der Waals surface area contributed by atoms with Crippen LogP contribution in [0.5, 0.6) is 0 Å². The summed E-state index contributed by atoms with van der Waals surface area (Å²) in [5.41, 5.74) is -0.0176. The summed E-state index contributed by atoms with van der Waals surface area (Å²) in [5.74, 6) is 0. The van der Waals surface area contributed by atoms with E-state index in [1.54, 1.807) is 0 Å². The molecule has 0 fully saturated rings. The molecule has 2 nitrogen and oxygen atoms in total. The van der Waals surface area contributed by atoms with Gasteiger partial charge in [0, 0.05) is 6.54 Å². The lowest BCUT2D eigenvalue weighted by Gasteiger charge is -2.24. The highest BCUT2D eigenvalue weighted by atomic mass is 16.5. The second-order valence-corrected chi connectivity index (χ2v) is 3.60. The van der Waals surface area contributed by atoms with Gasteiger partial charge in [-0.3, -0.25) is 0 Å². The van der Waals surface area contributed by atoms with E-state index in [1.807, 2.05) is 7.05 Å². The van der Waals surface area contributed by atoms with Crippen LogP contribution in [0.2, 0.25) is 0 Å². The first kappa shape index (κ1) is 9.92. The summed E-state index contributed by atoms with van der Waals surface area (Å²) < 4.78 is 5.62. The molecular formula is C8H19NO. The Kier molecular flexibility index (Phi) is 3.91. The average Bonchev–Trinajstić information content (AvgIpc) is 1.59. The van der Waals surface area contributed by atoms with Crippen molar-refractivity contribution in [3.05, 3.63) is 0 Å². The quantitative estimate of drug-likeness (QED) is 0.648. The van der Waals surface area contributed by atoms with Gasteiger partial charge in [0.1, 0.15) is 0 Å². The molecule has 0 bridgehead atoms. The lowest BCUT2D eigenvalue weighted by molar-refractivity contribution is -0.0491. The summed E-state index contributed by atoms with van der Waals surface area (Å²) in [5, 5.41) is 3.07. The van der Waals surface area contributed by atoms with E-state index in [1.165, 1.54) is 0 Å². The Morgan fingerprint density at radius 3 is 2.20 bits per heavy atom. The molecule has 0 aliphatic heterocycles. The van der Waals surface area contributed by atoms with Crippen molar-refractivity contribution in [1.82, 2.24) is 5.32 Å². The van der Waals surface area contributed by atoms with Crippen LogP contribution in [0, 0.1) is 0 Å². The van der Waals surface area contributed by atoms with E-state index < -0.39 is 0 Å². The predicted molar refractivity (Wildman–Crippen MR) is 44.2 cm³/mol. The number of rotatable bonds is 3. The molecule has 0 radical (unpaired) electrons. The highest BCUT2D eigenvalue weighted by Gasteiger charge is 2.13. The van der Waals surface area contributed by atoms with Crippen molar-refractivity contribution < 1.29 is 4.74 Å². The van der Waals surface area contributed by atoms with Crippen LogP contribution >= 0.6 is 0 Å². The van der Waals surface area contributed by atoms with E-state index in [-0.39, 0.29) is 5.60 Å². The lowest BCUT2D eigenvalue weighted by atomic mass is 10.2. The van der Waals surface area contributed by atoms with Crippen molar-refractivity contribution in [3.8, 4) is 0 Å². The predicted octanol–water partition coefficient (Wildman–Crippen LogP) is 1.41. The highest BCUT2D eigenvalue weighted by molar-refractivity contribution is 4.63. The third-order valence-corrected chi connectivity index (χ3v) is 1.05. The van der Waals surface area contributed by atoms with Gasteiger partial charge < -0.3 is 10.1 Å². The van der Waals surface area contributed by atoms with Crippen molar-refractivity contribution in [2.45, 2.75) is 39.4 Å². The largest absolute Gasteiger partial charge is 0.372 e. The number of hydrogen-bond donors (Lipinski definition) is 1. The Morgan fingerprint density at radius 2 is 1.90 bits per heavy atom. The Balaban J connectivity index is 3.47. The molecule has 0 aromatic rings. The lowest BCUT2D eigenvalue weighted by Crippen LogP contribution is -2.31. The van der Waals surface area contributed by atoms with Crippen LogP contribution in [0.3, 0.4) is 0 Å². The van der Waals surface area contributed by atoms with Crippen molar-refractivity contribution >= 4 is 0 Å². The number of ether oxygens (including phenoxy) is 1. The number of nitrogens with one attached hydrogen (secondary N) is 1. The molecule has 1 unspecified atom stereocenters. The first-order valence-corrected chi connectivity index (χ1v) is 3.78. The van der Waals surface area contributed by atoms with Crippen LogP contribution < -0.4 is 5.32 Å². The van der Waals surface area contributed by atoms with Gasteiger partial charge in [0.15, 0.2) is 0 Å². The maximum atomic E-state index is 5.62. The zero-order valence-electron chi connectivity index (χ0n) is 7.69. The molecule has 1 atom stereocenters. The fraction of sp³-hybridized carbons (Fsp3) is 1.00. The summed E-state index contributed by atoms with van der Waals surface area (Å²) in [4.78, 5) is 0. The smallest absolute Gasteiger partial charge is 0.0678 e. The molecule has 1 N–H and O–H groups in total. The van der Waals surface area contributed by atoms with Crippen molar-refractivity contribution in [1.29, 1.82) is 0 Å². The van der Waals surface area contributed by atoms with Crippen LogP contribution in [0.15, 0.2) is 0 Å². The Bertz CT molecular complexity index is 85.7. The number of hydrogen-bond acceptors (Lipinski definition) is 2. The van der Waals surface area contributed by atoms with Gasteiger partial charge in [-0.25, -0.2) is 0 Å². The van der Waals surface area contributed by atoms with E-state index in [2.05, 4.69) is 33.0 Å². The van der Waals surface area contributed by atoms with E-state index in [9.17, 15) is 0 Å². The van der Waals surface area contributed by atoms with Crippen LogP contribution in [-0.2, 0) is 4.74 Å². The minimum atomic E-state index is -0.0176. The maximum Gasteiger partial charge on any atom is 0.0678 e. The summed E-state index contributed by atoms with van der Waals surface area (Å²) in [6.45, 7) is 9.19. The summed E-state index contributed by atoms with van der Waals surface area (Å²) in [7, 11) is 1.93. The van der Waals surface area contributed by atoms with Gasteiger partial charge in [-0.05, 0) is 34.7 Å². The fourth-order valence-corrected chi connectivity index (χ4v) is 0.933. The SMILES string of the molecule is CNCC(C)OC(C)(C)C. The van der Waals surface area contributed by atoms with Crippen molar-refractivity contribution in [2.75, 3.05) is 13.6 Å². The molecule has 0 aliphatic carbocycles. The van der Waals surface area contributed by atoms with E-state index in [0.29, 0.717) is 6.10 Å². The maximum absolute atomic E-state index is 5.62. The van der Waals surface area contributed by atoms with Gasteiger partial charge in [0.05, 0.1) is 11.7 Å². The van der Waals surface area contributed by atoms with Gasteiger partial charge in [0.25, 0.3) is 0 Å². The molecule has 0 heterocycles. The topological polar surface area (TPSA) is 21.3 Å². The van der Waals surface area contributed by atoms with Crippen molar-refractivity contribution in [3.63, 3.8) is 0 Å². The van der Waals surface area contributed by atoms with E-state index in [0.717, 1.165) is 6.54 Å². The molecule has 0 amide bonds. The second-order valence-electron chi connectivity index (χ2n) is 3.60. The molecule has 0 saturated carbocycles. The first-order chi connectivity index (χ1) is 4.45. The minimum absolute atomic E-state index is 0.0176. The normalized spacial score (nSPS) is 15.3. The molecule has 10 heavy (non-hydrogen) atoms. The van der Waals surface area contributed by atoms with E-state index >= 15 is 0 Å². The molecular weight excluding hydrogens is 126 g/mol. The standard InChI is InChI=1S/C8H19NO/c1-7(6-9-5)10-8(2,3)4/h7,9H,6H2,1-5H3. The first-order valence-electron chi connectivity index (χ1n) is 3.78. The molecule has 0 rings (SSSR count). The van der Waals surface area contributed by atoms with Crippen LogP contribution in [0.4, 0.5) is 0 Å². The van der Waals surface area contributed by atoms with Crippen LogP contribution in [0.1, 0.15) is 27.7 Å². The summed E-state index contributed by atoms with van der Waals surface area (Å²) >= 11 is 0. The zero-order valence-corrected chi connectivity index (χ0v) is 7.69. The molecule has 0 aromatic carbocycles. The monoisotopic (exact) mass is 145 g/mol. The summed E-state index contributed by atoms with van der Waals surface area (Å²) in [6, 6.07) is 0. The molecule has 0 aromatic heterocycles. The average molecular weight is 145 g/mol. The van der Waals surface area contributed by atoms with Gasteiger partial charge in [-0.2, -0.15) is 0 Å². The Hall–Kier alpha value is -0.0800. The highest BCUT2D eigenvalue weighted by Crippen LogP contribution is 2.09. The minimum Gasteiger partial charge on any atom is -0.372 e. The molecule has 0 saturated heterocycles. The van der Waals surface area contributed by atoms with Gasteiger partial charge >= 0.3 is 0 Å². The third kappa shape index (κ3) is 6.05. The van der Waals surface area contributed by atoms with Crippen LogP contribution in [-0.4, -0.2) is 25.3 Å². The van der Waals surface area contributed by atoms with Gasteiger partial charge in [0.2, 0.25) is 0 Å². The van der Waals surface area contributed by atoms with Crippen LogP contribution in [0.25, 0.3) is 0 Å². The molecule has 0 spiro atoms. The Morgan fingerprint density at radius 1 is 1.40 bits per heavy atom. The second kappa shape index (κ2) is 3.94. The number of likely N-dealkylation sites (N-methyl/N-ethyl adjacent to an activating group) is 1. The van der Waals surface area contributed by atoms with Crippen molar-refractivity contribution in [2.24, 2.45) is 0 Å². The summed E-state index contributed by atoms with van der Waals surface area (Å²) in [6.07, 6.45) is 0.296. The van der Waals surface area contributed by atoms with Gasteiger partial charge in [-0.15, -0.1) is 0 Å². The third-order valence-electron chi connectivity index (χ3n) is 1.05.